The van der Waals surface area contributed by atoms with Crippen LogP contribution < -0.4 is 10.2 Å². The molecule has 1 aromatic heterocycles. The Bertz CT molecular complexity index is 581. The van der Waals surface area contributed by atoms with Gasteiger partial charge in [-0.15, -0.1) is 0 Å². The van der Waals surface area contributed by atoms with Crippen LogP contribution in [0.2, 0.25) is 0 Å². The van der Waals surface area contributed by atoms with E-state index in [1.165, 1.54) is 18.3 Å². The molecule has 0 spiro atoms. The summed E-state index contributed by atoms with van der Waals surface area (Å²) in [5.74, 6) is -0.994. The highest BCUT2D eigenvalue weighted by molar-refractivity contribution is 6.59. The molecule has 0 aliphatic heterocycles. The molecule has 0 fully saturated rings. The summed E-state index contributed by atoms with van der Waals surface area (Å²) in [5, 5.41) is 18.2. The van der Waals surface area contributed by atoms with Crippen molar-refractivity contribution in [3.63, 3.8) is 0 Å². The lowest BCUT2D eigenvalue weighted by Gasteiger charge is -2.11. The lowest BCUT2D eigenvalue weighted by molar-refractivity contribution is 0.305. The van der Waals surface area contributed by atoms with Gasteiger partial charge in [0.05, 0.1) is 6.20 Å². The maximum Gasteiger partial charge on any atom is 0.492 e. The second-order valence-corrected chi connectivity index (χ2v) is 3.86. The number of ether oxygens (including phenoxy) is 1. The van der Waals surface area contributed by atoms with E-state index in [2.05, 4.69) is 4.98 Å². The Kier molecular flexibility index (Phi) is 4.08. The number of rotatable bonds is 4. The van der Waals surface area contributed by atoms with Crippen LogP contribution in [0, 0.1) is 11.6 Å². The first-order chi connectivity index (χ1) is 9.06. The zero-order valence-corrected chi connectivity index (χ0v) is 9.75. The van der Waals surface area contributed by atoms with Gasteiger partial charge in [0.25, 0.3) is 0 Å². The van der Waals surface area contributed by atoms with Crippen LogP contribution in [0.5, 0.6) is 5.75 Å². The lowest BCUT2D eigenvalue weighted by Crippen LogP contribution is -2.31. The quantitative estimate of drug-likeness (QED) is 0.795. The van der Waals surface area contributed by atoms with Gasteiger partial charge in [0.1, 0.15) is 24.0 Å². The molecule has 98 valence electrons. The second kappa shape index (κ2) is 5.77. The van der Waals surface area contributed by atoms with E-state index in [0.717, 1.165) is 18.3 Å². The molecule has 7 heteroatoms. The fraction of sp³-hybridized carbons (Fsp3) is 0.0833. The SMILES string of the molecule is OB(O)c1cc(F)ccc1OCc1cncc(F)c1. The summed E-state index contributed by atoms with van der Waals surface area (Å²) in [4.78, 5) is 3.65. The summed E-state index contributed by atoms with van der Waals surface area (Å²) in [6.45, 7) is -0.0177. The first-order valence-electron chi connectivity index (χ1n) is 5.44. The topological polar surface area (TPSA) is 62.6 Å². The fourth-order valence-corrected chi connectivity index (χ4v) is 1.55. The van der Waals surface area contributed by atoms with Crippen molar-refractivity contribution in [2.45, 2.75) is 6.61 Å². The average molecular weight is 265 g/mol. The van der Waals surface area contributed by atoms with Gasteiger partial charge in [-0.25, -0.2) is 8.78 Å². The highest BCUT2D eigenvalue weighted by Gasteiger charge is 2.18. The average Bonchev–Trinajstić information content (AvgIpc) is 2.37. The Hall–Kier alpha value is -1.99. The van der Waals surface area contributed by atoms with E-state index in [4.69, 9.17) is 14.8 Å². The van der Waals surface area contributed by atoms with Gasteiger partial charge in [0.15, 0.2) is 0 Å². The van der Waals surface area contributed by atoms with Gasteiger partial charge in [-0.1, -0.05) is 0 Å². The Morgan fingerprint density at radius 1 is 1.11 bits per heavy atom. The summed E-state index contributed by atoms with van der Waals surface area (Å²) in [6, 6.07) is 4.61. The summed E-state index contributed by atoms with van der Waals surface area (Å²) in [5.41, 5.74) is 0.382. The van der Waals surface area contributed by atoms with E-state index in [-0.39, 0.29) is 17.8 Å². The first-order valence-corrected chi connectivity index (χ1v) is 5.44. The van der Waals surface area contributed by atoms with Crippen LogP contribution in [0.1, 0.15) is 5.56 Å². The molecule has 0 unspecified atom stereocenters. The molecule has 1 heterocycles. The number of aromatic nitrogens is 1. The van der Waals surface area contributed by atoms with E-state index in [1.807, 2.05) is 0 Å². The molecular formula is C12H10BF2NO3. The van der Waals surface area contributed by atoms with Crippen LogP contribution in [0.15, 0.2) is 36.7 Å². The Morgan fingerprint density at radius 2 is 1.89 bits per heavy atom. The Labute approximate surface area is 108 Å². The summed E-state index contributed by atoms with van der Waals surface area (Å²) >= 11 is 0. The molecule has 19 heavy (non-hydrogen) atoms. The van der Waals surface area contributed by atoms with Crippen LogP contribution in [0.3, 0.4) is 0 Å². The summed E-state index contributed by atoms with van der Waals surface area (Å²) in [7, 11) is -1.85. The smallest absolute Gasteiger partial charge is 0.489 e. The van der Waals surface area contributed by atoms with Gasteiger partial charge < -0.3 is 14.8 Å². The number of pyridine rings is 1. The highest BCUT2D eigenvalue weighted by Crippen LogP contribution is 2.12. The minimum Gasteiger partial charge on any atom is -0.489 e. The van der Waals surface area contributed by atoms with E-state index in [0.29, 0.717) is 5.56 Å². The maximum atomic E-state index is 13.0. The third kappa shape index (κ3) is 3.49. The van der Waals surface area contributed by atoms with Crippen molar-refractivity contribution in [1.29, 1.82) is 0 Å². The lowest BCUT2D eigenvalue weighted by atomic mass is 9.79. The van der Waals surface area contributed by atoms with Gasteiger partial charge in [-0.2, -0.15) is 0 Å². The summed E-state index contributed by atoms with van der Waals surface area (Å²) < 4.78 is 31.2. The van der Waals surface area contributed by atoms with Gasteiger partial charge in [-0.3, -0.25) is 4.98 Å². The van der Waals surface area contributed by atoms with Gasteiger partial charge >= 0.3 is 7.12 Å². The zero-order chi connectivity index (χ0) is 13.8. The van der Waals surface area contributed by atoms with Crippen molar-refractivity contribution < 1.29 is 23.6 Å². The third-order valence-electron chi connectivity index (χ3n) is 2.41. The first kappa shape index (κ1) is 13.4. The van der Waals surface area contributed by atoms with Crippen molar-refractivity contribution in [2.75, 3.05) is 0 Å². The number of hydrogen-bond acceptors (Lipinski definition) is 4. The van der Waals surface area contributed by atoms with E-state index >= 15 is 0 Å². The molecular weight excluding hydrogens is 255 g/mol. The van der Waals surface area contributed by atoms with Crippen molar-refractivity contribution >= 4 is 12.6 Å². The van der Waals surface area contributed by atoms with E-state index < -0.39 is 18.8 Å². The monoisotopic (exact) mass is 265 g/mol. The van der Waals surface area contributed by atoms with Crippen molar-refractivity contribution in [2.24, 2.45) is 0 Å². The molecule has 2 rings (SSSR count). The number of hydrogen-bond donors (Lipinski definition) is 2. The van der Waals surface area contributed by atoms with Crippen LogP contribution in [0.25, 0.3) is 0 Å². The minimum absolute atomic E-state index is 0.0177. The van der Waals surface area contributed by atoms with Crippen molar-refractivity contribution in [1.82, 2.24) is 4.98 Å². The molecule has 2 aromatic rings. The third-order valence-corrected chi connectivity index (χ3v) is 2.41. The minimum atomic E-state index is -1.85. The summed E-state index contributed by atoms with van der Waals surface area (Å²) in [6.07, 6.45) is 2.48. The molecule has 0 radical (unpaired) electrons. The van der Waals surface area contributed by atoms with Crippen LogP contribution in [0.4, 0.5) is 8.78 Å². The van der Waals surface area contributed by atoms with Crippen molar-refractivity contribution in [3.05, 3.63) is 53.9 Å². The predicted octanol–water partition coefficient (Wildman–Crippen LogP) is 0.619. The highest BCUT2D eigenvalue weighted by atomic mass is 19.1. The van der Waals surface area contributed by atoms with Gasteiger partial charge in [0.2, 0.25) is 0 Å². The molecule has 0 saturated heterocycles. The molecule has 0 atom stereocenters. The standard InChI is InChI=1S/C12H10BF2NO3/c14-9-1-2-12(11(4-9)13(17)18)19-7-8-3-10(15)6-16-5-8/h1-6,17-18H,7H2. The zero-order valence-electron chi connectivity index (χ0n) is 9.75. The van der Waals surface area contributed by atoms with E-state index in [9.17, 15) is 8.78 Å². The second-order valence-electron chi connectivity index (χ2n) is 3.86. The molecule has 0 bridgehead atoms. The number of nitrogens with zero attached hydrogens (tertiary/aromatic N) is 1. The van der Waals surface area contributed by atoms with Crippen molar-refractivity contribution in [3.8, 4) is 5.75 Å². The molecule has 0 aliphatic rings. The number of halogens is 2. The molecule has 1 aromatic carbocycles. The molecule has 0 amide bonds. The largest absolute Gasteiger partial charge is 0.492 e. The van der Waals surface area contributed by atoms with Gasteiger partial charge in [0, 0.05) is 17.2 Å². The predicted molar refractivity (Wildman–Crippen MR) is 64.8 cm³/mol. The molecule has 2 N–H and O–H groups in total. The number of benzene rings is 1. The van der Waals surface area contributed by atoms with Crippen LogP contribution >= 0.6 is 0 Å². The maximum absolute atomic E-state index is 13.0. The fourth-order valence-electron chi connectivity index (χ4n) is 1.55. The van der Waals surface area contributed by atoms with E-state index in [1.54, 1.807) is 0 Å². The van der Waals surface area contributed by atoms with Gasteiger partial charge in [-0.05, 0) is 24.3 Å². The molecule has 0 aliphatic carbocycles. The Morgan fingerprint density at radius 3 is 2.58 bits per heavy atom. The molecule has 0 saturated carbocycles. The normalized spacial score (nSPS) is 10.3. The Balaban J connectivity index is 2.15. The molecule has 4 nitrogen and oxygen atoms in total. The van der Waals surface area contributed by atoms with Crippen LogP contribution in [-0.4, -0.2) is 22.2 Å². The van der Waals surface area contributed by atoms with Crippen LogP contribution in [-0.2, 0) is 6.61 Å².